The number of hydrazine groups is 1. The number of nitrogens with zero attached hydrogens (tertiary/aromatic N) is 2. The van der Waals surface area contributed by atoms with Gasteiger partial charge in [-0.1, -0.05) is 26.0 Å². The minimum absolute atomic E-state index is 0.125. The molecule has 0 saturated carbocycles. The summed E-state index contributed by atoms with van der Waals surface area (Å²) >= 11 is 0. The molecule has 0 spiro atoms. The van der Waals surface area contributed by atoms with Gasteiger partial charge in [-0.15, -0.1) is 0 Å². The molecule has 10 nitrogen and oxygen atoms in total. The Hall–Kier alpha value is -2.73. The zero-order valence-electron chi connectivity index (χ0n) is 19.6. The van der Waals surface area contributed by atoms with Gasteiger partial charge in [0.25, 0.3) is 0 Å². The van der Waals surface area contributed by atoms with Crippen LogP contribution in [0, 0.1) is 0 Å². The summed E-state index contributed by atoms with van der Waals surface area (Å²) in [6, 6.07) is 9.81. The third kappa shape index (κ3) is 6.89. The van der Waals surface area contributed by atoms with E-state index in [2.05, 4.69) is 29.6 Å². The summed E-state index contributed by atoms with van der Waals surface area (Å²) < 4.78 is 37.5. The van der Waals surface area contributed by atoms with E-state index in [1.54, 1.807) is 36.4 Å². The predicted octanol–water partition coefficient (Wildman–Crippen LogP) is 1.54. The third-order valence-corrected chi connectivity index (χ3v) is 7.56. The Morgan fingerprint density at radius 1 is 1.00 bits per heavy atom. The largest absolute Gasteiger partial charge is 0.454 e. The molecule has 0 aliphatic carbocycles. The number of sulfonamides is 1. The standard InChI is InChI=1S/C23H32N4O6S/c1-3-26(4-2)17-19-8-11-21(33-19)23(29)25-24-22(28)12-7-18-5-9-20(10-6-18)34(30,31)27-13-15-32-16-14-27/h5-6,8-11H,3-4,7,12-17H2,1-2H3,(H,24,28)(H,25,29). The molecule has 2 N–H and O–H groups in total. The number of hydrogen-bond donors (Lipinski definition) is 2. The van der Waals surface area contributed by atoms with Crippen LogP contribution in [0.5, 0.6) is 0 Å². The Morgan fingerprint density at radius 3 is 2.32 bits per heavy atom. The monoisotopic (exact) mass is 492 g/mol. The summed E-state index contributed by atoms with van der Waals surface area (Å²) in [4.78, 5) is 26.7. The Kier molecular flexibility index (Phi) is 9.22. The molecule has 34 heavy (non-hydrogen) atoms. The fourth-order valence-corrected chi connectivity index (χ4v) is 4.93. The summed E-state index contributed by atoms with van der Waals surface area (Å²) in [6.45, 7) is 7.92. The lowest BCUT2D eigenvalue weighted by Crippen LogP contribution is -2.41. The van der Waals surface area contributed by atoms with Crippen molar-refractivity contribution in [3.63, 3.8) is 0 Å². The molecular weight excluding hydrogens is 460 g/mol. The zero-order valence-corrected chi connectivity index (χ0v) is 20.4. The molecule has 0 unspecified atom stereocenters. The van der Waals surface area contributed by atoms with Crippen LogP contribution in [-0.4, -0.2) is 68.8 Å². The average Bonchev–Trinajstić information content (AvgIpc) is 3.34. The van der Waals surface area contributed by atoms with Gasteiger partial charge in [-0.3, -0.25) is 25.3 Å². The molecule has 1 aliphatic heterocycles. The third-order valence-electron chi connectivity index (χ3n) is 5.65. The number of aryl methyl sites for hydroxylation is 1. The van der Waals surface area contributed by atoms with Gasteiger partial charge < -0.3 is 9.15 Å². The van der Waals surface area contributed by atoms with Gasteiger partial charge in [0, 0.05) is 19.5 Å². The van der Waals surface area contributed by atoms with E-state index in [1.165, 1.54) is 4.31 Å². The SMILES string of the molecule is CCN(CC)Cc1ccc(C(=O)NNC(=O)CCc2ccc(S(=O)(=O)N3CCOCC3)cc2)o1. The summed E-state index contributed by atoms with van der Waals surface area (Å²) in [5, 5.41) is 0. The maximum atomic E-state index is 12.7. The second-order valence-corrected chi connectivity index (χ2v) is 9.83. The molecule has 1 aromatic heterocycles. The Labute approximate surface area is 200 Å². The van der Waals surface area contributed by atoms with Crippen molar-refractivity contribution in [1.82, 2.24) is 20.1 Å². The van der Waals surface area contributed by atoms with Crippen molar-refractivity contribution in [2.45, 2.75) is 38.1 Å². The first-order chi connectivity index (χ1) is 16.3. The number of morpholine rings is 1. The van der Waals surface area contributed by atoms with E-state index in [9.17, 15) is 18.0 Å². The van der Waals surface area contributed by atoms with Crippen LogP contribution in [0.1, 0.15) is 42.1 Å². The number of benzene rings is 1. The number of carbonyl (C=O) groups is 2. The van der Waals surface area contributed by atoms with E-state index in [0.29, 0.717) is 45.0 Å². The van der Waals surface area contributed by atoms with Gasteiger partial charge in [0.1, 0.15) is 5.76 Å². The maximum Gasteiger partial charge on any atom is 0.305 e. The Morgan fingerprint density at radius 2 is 1.68 bits per heavy atom. The number of nitrogens with one attached hydrogen (secondary N) is 2. The normalized spacial score (nSPS) is 14.8. The second kappa shape index (κ2) is 12.1. The molecule has 1 fully saturated rings. The quantitative estimate of drug-likeness (QED) is 0.483. The predicted molar refractivity (Wildman–Crippen MR) is 125 cm³/mol. The van der Waals surface area contributed by atoms with Crippen molar-refractivity contribution in [2.24, 2.45) is 0 Å². The van der Waals surface area contributed by atoms with E-state index in [1.807, 2.05) is 0 Å². The summed E-state index contributed by atoms with van der Waals surface area (Å²) in [5.41, 5.74) is 5.55. The number of carbonyl (C=O) groups excluding carboxylic acids is 2. The number of ether oxygens (including phenoxy) is 1. The fraction of sp³-hybridized carbons (Fsp3) is 0.478. The zero-order chi connectivity index (χ0) is 24.6. The minimum Gasteiger partial charge on any atom is -0.454 e. The first-order valence-electron chi connectivity index (χ1n) is 11.4. The van der Waals surface area contributed by atoms with Crippen molar-refractivity contribution in [1.29, 1.82) is 0 Å². The Bertz CT molecular complexity index is 1060. The fourth-order valence-electron chi connectivity index (χ4n) is 3.53. The van der Waals surface area contributed by atoms with Crippen molar-refractivity contribution in [2.75, 3.05) is 39.4 Å². The van der Waals surface area contributed by atoms with E-state index in [0.717, 1.165) is 18.7 Å². The van der Waals surface area contributed by atoms with Gasteiger partial charge in [-0.05, 0) is 49.3 Å². The lowest BCUT2D eigenvalue weighted by Gasteiger charge is -2.26. The molecule has 1 aromatic carbocycles. The van der Waals surface area contributed by atoms with Crippen LogP contribution in [0.4, 0.5) is 0 Å². The molecular formula is C23H32N4O6S. The van der Waals surface area contributed by atoms with Gasteiger partial charge in [0.2, 0.25) is 15.9 Å². The average molecular weight is 493 g/mol. The second-order valence-electron chi connectivity index (χ2n) is 7.89. The van der Waals surface area contributed by atoms with Crippen LogP contribution in [0.3, 0.4) is 0 Å². The van der Waals surface area contributed by atoms with Gasteiger partial charge in [-0.2, -0.15) is 4.31 Å². The van der Waals surface area contributed by atoms with Crippen molar-refractivity contribution < 1.29 is 27.2 Å². The lowest BCUT2D eigenvalue weighted by atomic mass is 10.1. The molecule has 186 valence electrons. The molecule has 1 saturated heterocycles. The van der Waals surface area contributed by atoms with E-state index in [4.69, 9.17) is 9.15 Å². The number of hydrogen-bond acceptors (Lipinski definition) is 7. The topological polar surface area (TPSA) is 121 Å². The minimum atomic E-state index is -3.55. The highest BCUT2D eigenvalue weighted by Gasteiger charge is 2.26. The van der Waals surface area contributed by atoms with Crippen LogP contribution in [0.15, 0.2) is 45.7 Å². The first-order valence-corrected chi connectivity index (χ1v) is 12.8. The highest BCUT2D eigenvalue weighted by atomic mass is 32.2. The lowest BCUT2D eigenvalue weighted by molar-refractivity contribution is -0.121. The molecule has 0 radical (unpaired) electrons. The van der Waals surface area contributed by atoms with Crippen molar-refractivity contribution >= 4 is 21.8 Å². The van der Waals surface area contributed by atoms with E-state index >= 15 is 0 Å². The van der Waals surface area contributed by atoms with Crippen LogP contribution >= 0.6 is 0 Å². The van der Waals surface area contributed by atoms with Crippen LogP contribution < -0.4 is 10.9 Å². The van der Waals surface area contributed by atoms with Gasteiger partial charge >= 0.3 is 5.91 Å². The van der Waals surface area contributed by atoms with Crippen LogP contribution in [0.25, 0.3) is 0 Å². The molecule has 11 heteroatoms. The molecule has 2 aromatic rings. The number of amides is 2. The van der Waals surface area contributed by atoms with E-state index in [-0.39, 0.29) is 23.0 Å². The van der Waals surface area contributed by atoms with Crippen molar-refractivity contribution in [3.05, 3.63) is 53.5 Å². The molecule has 2 amide bonds. The van der Waals surface area contributed by atoms with Crippen molar-refractivity contribution in [3.8, 4) is 0 Å². The Balaban J connectivity index is 1.44. The van der Waals surface area contributed by atoms with Crippen LogP contribution in [0.2, 0.25) is 0 Å². The first kappa shape index (κ1) is 25.9. The van der Waals surface area contributed by atoms with Gasteiger partial charge in [0.15, 0.2) is 5.76 Å². The highest BCUT2D eigenvalue weighted by Crippen LogP contribution is 2.18. The molecule has 1 aliphatic rings. The molecule has 2 heterocycles. The smallest absolute Gasteiger partial charge is 0.305 e. The van der Waals surface area contributed by atoms with Gasteiger partial charge in [-0.25, -0.2) is 8.42 Å². The molecule has 3 rings (SSSR count). The maximum absolute atomic E-state index is 12.7. The number of furan rings is 1. The summed E-state index contributed by atoms with van der Waals surface area (Å²) in [6.07, 6.45) is 0.523. The van der Waals surface area contributed by atoms with E-state index < -0.39 is 15.9 Å². The summed E-state index contributed by atoms with van der Waals surface area (Å²) in [5.74, 6) is -0.0936. The van der Waals surface area contributed by atoms with Gasteiger partial charge in [0.05, 0.1) is 24.7 Å². The number of rotatable bonds is 10. The molecule has 0 bridgehead atoms. The summed E-state index contributed by atoms with van der Waals surface area (Å²) in [7, 11) is -3.55. The molecule has 0 atom stereocenters. The highest BCUT2D eigenvalue weighted by molar-refractivity contribution is 7.89. The van der Waals surface area contributed by atoms with Crippen LogP contribution in [-0.2, 0) is 32.5 Å².